The van der Waals surface area contributed by atoms with Crippen molar-refractivity contribution in [1.82, 2.24) is 10.2 Å². The summed E-state index contributed by atoms with van der Waals surface area (Å²) in [6.45, 7) is 4.15. The van der Waals surface area contributed by atoms with Gasteiger partial charge in [0.15, 0.2) is 0 Å². The van der Waals surface area contributed by atoms with Crippen molar-refractivity contribution >= 4 is 0 Å². The van der Waals surface area contributed by atoms with Gasteiger partial charge in [-0.25, -0.2) is 0 Å². The molecule has 0 saturated carbocycles. The van der Waals surface area contributed by atoms with Gasteiger partial charge in [-0.05, 0) is 59.4 Å². The van der Waals surface area contributed by atoms with Crippen LogP contribution < -0.4 is 0 Å². The first kappa shape index (κ1) is 19.0. The normalized spacial score (nSPS) is 10.9. The van der Waals surface area contributed by atoms with Crippen molar-refractivity contribution in [3.8, 4) is 45.2 Å². The van der Waals surface area contributed by atoms with Crippen LogP contribution in [0.4, 0.5) is 0 Å². The van der Waals surface area contributed by atoms with Gasteiger partial charge in [-0.2, -0.15) is 0 Å². The molecule has 0 amide bonds. The number of rotatable bonds is 4. The Hall–Kier alpha value is -3.98. The summed E-state index contributed by atoms with van der Waals surface area (Å²) in [4.78, 5) is 0. The largest absolute Gasteiger partial charge is 0.416 e. The highest BCUT2D eigenvalue weighted by atomic mass is 16.4. The lowest BCUT2D eigenvalue weighted by molar-refractivity contribution is 0.584. The van der Waals surface area contributed by atoms with Gasteiger partial charge in [0.25, 0.3) is 0 Å². The first-order valence-corrected chi connectivity index (χ1v) is 10.4. The first-order chi connectivity index (χ1) is 15.2. The lowest BCUT2D eigenvalue weighted by atomic mass is 10.00. The molecule has 4 aromatic carbocycles. The highest BCUT2D eigenvalue weighted by molar-refractivity contribution is 5.72. The predicted molar refractivity (Wildman–Crippen MR) is 126 cm³/mol. The maximum atomic E-state index is 6.09. The fraction of sp³-hybridized carbons (Fsp3) is 0.0714. The van der Waals surface area contributed by atoms with Gasteiger partial charge in [0, 0.05) is 11.1 Å². The van der Waals surface area contributed by atoms with Crippen LogP contribution >= 0.6 is 0 Å². The molecule has 3 nitrogen and oxygen atoms in total. The van der Waals surface area contributed by atoms with E-state index in [0.717, 1.165) is 22.3 Å². The van der Waals surface area contributed by atoms with E-state index >= 15 is 0 Å². The van der Waals surface area contributed by atoms with E-state index in [1.165, 1.54) is 22.3 Å². The van der Waals surface area contributed by atoms with E-state index in [1.54, 1.807) is 0 Å². The van der Waals surface area contributed by atoms with E-state index in [-0.39, 0.29) is 0 Å². The summed E-state index contributed by atoms with van der Waals surface area (Å²) in [6.07, 6.45) is 0. The van der Waals surface area contributed by atoms with Gasteiger partial charge in [0.05, 0.1) is 0 Å². The molecule has 0 aliphatic heterocycles. The zero-order valence-corrected chi connectivity index (χ0v) is 17.5. The average molecular weight is 402 g/mol. The van der Waals surface area contributed by atoms with Crippen molar-refractivity contribution in [2.24, 2.45) is 0 Å². The topological polar surface area (TPSA) is 38.9 Å². The van der Waals surface area contributed by atoms with E-state index in [4.69, 9.17) is 4.42 Å². The van der Waals surface area contributed by atoms with Gasteiger partial charge in [-0.15, -0.1) is 10.2 Å². The van der Waals surface area contributed by atoms with Gasteiger partial charge in [0.1, 0.15) is 0 Å². The highest BCUT2D eigenvalue weighted by Gasteiger charge is 2.15. The van der Waals surface area contributed by atoms with Crippen LogP contribution in [0.5, 0.6) is 0 Å². The third-order valence-electron chi connectivity index (χ3n) is 5.55. The third kappa shape index (κ3) is 3.78. The molecule has 1 aromatic heterocycles. The summed E-state index contributed by atoms with van der Waals surface area (Å²) in [6, 6.07) is 33.3. The molecule has 0 unspecified atom stereocenters. The number of benzene rings is 4. The molecule has 0 atom stereocenters. The molecule has 31 heavy (non-hydrogen) atoms. The Morgan fingerprint density at radius 1 is 0.484 bits per heavy atom. The van der Waals surface area contributed by atoms with Gasteiger partial charge < -0.3 is 4.42 Å². The Balaban J connectivity index is 1.45. The van der Waals surface area contributed by atoms with Gasteiger partial charge >= 0.3 is 0 Å². The number of nitrogens with zero attached hydrogens (tertiary/aromatic N) is 2. The SMILES string of the molecule is Cc1cc(-c2ccccc2)ccc1-c1nnc(-c2ccc(-c3ccccc3)cc2C)o1. The lowest BCUT2D eigenvalue weighted by Crippen LogP contribution is -1.86. The summed E-state index contributed by atoms with van der Waals surface area (Å²) < 4.78 is 6.09. The fourth-order valence-corrected chi connectivity index (χ4v) is 3.87. The van der Waals surface area contributed by atoms with Crippen molar-refractivity contribution in [2.75, 3.05) is 0 Å². The minimum absolute atomic E-state index is 0.540. The minimum atomic E-state index is 0.540. The van der Waals surface area contributed by atoms with Gasteiger partial charge in [0.2, 0.25) is 11.8 Å². The molecular weight excluding hydrogens is 380 g/mol. The summed E-state index contributed by atoms with van der Waals surface area (Å²) in [5, 5.41) is 8.66. The van der Waals surface area contributed by atoms with Crippen LogP contribution in [0.25, 0.3) is 45.2 Å². The average Bonchev–Trinajstić information content (AvgIpc) is 3.29. The molecule has 0 aliphatic rings. The van der Waals surface area contributed by atoms with Crippen LogP contribution in [0.2, 0.25) is 0 Å². The second kappa shape index (κ2) is 8.04. The molecule has 0 spiro atoms. The second-order valence-corrected chi connectivity index (χ2v) is 7.70. The van der Waals surface area contributed by atoms with Crippen LogP contribution in [-0.2, 0) is 0 Å². The molecule has 1 heterocycles. The zero-order valence-electron chi connectivity index (χ0n) is 17.5. The number of hydrogen-bond donors (Lipinski definition) is 0. The minimum Gasteiger partial charge on any atom is -0.416 e. The third-order valence-corrected chi connectivity index (χ3v) is 5.55. The Morgan fingerprint density at radius 3 is 1.29 bits per heavy atom. The van der Waals surface area contributed by atoms with Gasteiger partial charge in [-0.3, -0.25) is 0 Å². The number of hydrogen-bond acceptors (Lipinski definition) is 3. The summed E-state index contributed by atoms with van der Waals surface area (Å²) in [5.41, 5.74) is 8.85. The number of aromatic nitrogens is 2. The van der Waals surface area contributed by atoms with Gasteiger partial charge in [-0.1, -0.05) is 84.9 Å². The molecule has 0 aliphatic carbocycles. The monoisotopic (exact) mass is 402 g/mol. The Morgan fingerprint density at radius 2 is 0.903 bits per heavy atom. The highest BCUT2D eigenvalue weighted by Crippen LogP contribution is 2.32. The quantitative estimate of drug-likeness (QED) is 0.315. The van der Waals surface area contributed by atoms with E-state index < -0.39 is 0 Å². The maximum absolute atomic E-state index is 6.09. The van der Waals surface area contributed by atoms with Crippen molar-refractivity contribution in [3.63, 3.8) is 0 Å². The van der Waals surface area contributed by atoms with Crippen molar-refractivity contribution in [1.29, 1.82) is 0 Å². The molecule has 0 radical (unpaired) electrons. The van der Waals surface area contributed by atoms with Crippen LogP contribution in [-0.4, -0.2) is 10.2 Å². The van der Waals surface area contributed by atoms with Crippen LogP contribution in [0.3, 0.4) is 0 Å². The first-order valence-electron chi connectivity index (χ1n) is 10.4. The molecule has 0 N–H and O–H groups in total. The second-order valence-electron chi connectivity index (χ2n) is 7.70. The van der Waals surface area contributed by atoms with Crippen LogP contribution in [0.15, 0.2) is 101 Å². The number of aryl methyl sites for hydroxylation is 2. The summed E-state index contributed by atoms with van der Waals surface area (Å²) in [5.74, 6) is 1.08. The van der Waals surface area contributed by atoms with E-state index in [1.807, 2.05) is 36.4 Å². The zero-order chi connectivity index (χ0) is 21.2. The predicted octanol–water partition coefficient (Wildman–Crippen LogP) is 7.35. The molecule has 5 aromatic rings. The van der Waals surface area contributed by atoms with E-state index in [0.29, 0.717) is 11.8 Å². The summed E-state index contributed by atoms with van der Waals surface area (Å²) >= 11 is 0. The van der Waals surface area contributed by atoms with E-state index in [9.17, 15) is 0 Å². The maximum Gasteiger partial charge on any atom is 0.248 e. The van der Waals surface area contributed by atoms with Crippen molar-refractivity contribution in [3.05, 3.63) is 108 Å². The smallest absolute Gasteiger partial charge is 0.248 e. The standard InChI is InChI=1S/C28H22N2O/c1-19-17-23(21-9-5-3-6-10-21)13-15-25(19)27-29-30-28(31-27)26-16-14-24(18-20(26)2)22-11-7-4-8-12-22/h3-18H,1-2H3. The van der Waals surface area contributed by atoms with Crippen molar-refractivity contribution in [2.45, 2.75) is 13.8 Å². The van der Waals surface area contributed by atoms with Crippen LogP contribution in [0, 0.1) is 13.8 Å². The molecule has 150 valence electrons. The lowest BCUT2D eigenvalue weighted by Gasteiger charge is -2.07. The Kier molecular flexibility index (Phi) is 4.93. The Bertz CT molecular complexity index is 1230. The van der Waals surface area contributed by atoms with Crippen LogP contribution in [0.1, 0.15) is 11.1 Å². The molecule has 0 saturated heterocycles. The Labute approximate surface area is 182 Å². The molecular formula is C28H22N2O. The molecule has 3 heteroatoms. The fourth-order valence-electron chi connectivity index (χ4n) is 3.87. The molecule has 0 fully saturated rings. The summed E-state index contributed by atoms with van der Waals surface area (Å²) in [7, 11) is 0. The molecule has 5 rings (SSSR count). The van der Waals surface area contributed by atoms with E-state index in [2.05, 4.69) is 84.7 Å². The van der Waals surface area contributed by atoms with Crippen molar-refractivity contribution < 1.29 is 4.42 Å². The molecule has 0 bridgehead atoms.